The molecule has 4 radical (unpaired) electrons. The van der Waals surface area contributed by atoms with Gasteiger partial charge in [-0.2, -0.15) is 0 Å². The van der Waals surface area contributed by atoms with Gasteiger partial charge in [-0.25, -0.2) is 0 Å². The van der Waals surface area contributed by atoms with E-state index < -0.39 is 0 Å². The molecule has 0 aliphatic heterocycles. The van der Waals surface area contributed by atoms with Gasteiger partial charge in [0, 0.05) is 16.5 Å². The van der Waals surface area contributed by atoms with E-state index in [9.17, 15) is 0 Å². The van der Waals surface area contributed by atoms with Gasteiger partial charge in [0.2, 0.25) is 0 Å². The number of ether oxygens (including phenoxy) is 2. The number of hydrogen-bond acceptors (Lipinski definition) is 2. The van der Waals surface area contributed by atoms with Gasteiger partial charge in [0.15, 0.2) is 11.5 Å². The first-order valence-electron chi connectivity index (χ1n) is 6.30. The molecule has 0 N–H and O–H groups in total. The molecule has 0 aromatic heterocycles. The minimum atomic E-state index is 0. The van der Waals surface area contributed by atoms with Gasteiger partial charge in [-0.1, -0.05) is 42.5 Å². The van der Waals surface area contributed by atoms with Gasteiger partial charge in [-0.3, -0.25) is 0 Å². The lowest BCUT2D eigenvalue weighted by Crippen LogP contribution is -1.99. The van der Waals surface area contributed by atoms with Crippen LogP contribution in [0.5, 0.6) is 11.5 Å². The van der Waals surface area contributed by atoms with Crippen molar-refractivity contribution in [3.8, 4) is 22.6 Å². The van der Waals surface area contributed by atoms with Gasteiger partial charge in [0.25, 0.3) is 0 Å². The summed E-state index contributed by atoms with van der Waals surface area (Å²) in [5, 5.41) is 0. The molecular weight excluding hydrogens is 252 g/mol. The zero-order valence-electron chi connectivity index (χ0n) is 11.3. The third-order valence-electron chi connectivity index (χ3n) is 2.65. The topological polar surface area (TPSA) is 18.5 Å². The Hall–Kier alpha value is -1.74. The van der Waals surface area contributed by atoms with Crippen LogP contribution in [0.3, 0.4) is 0 Å². The molecule has 2 aromatic rings. The summed E-state index contributed by atoms with van der Waals surface area (Å²) in [7, 11) is 0. The molecule has 0 unspecified atom stereocenters. The Bertz CT molecular complexity index is 497. The van der Waals surface area contributed by atoms with Crippen molar-refractivity contribution in [3.63, 3.8) is 0 Å². The summed E-state index contributed by atoms with van der Waals surface area (Å²) < 4.78 is 11.4. The maximum atomic E-state index is 5.75. The molecule has 0 spiro atoms. The van der Waals surface area contributed by atoms with Crippen LogP contribution in [0.4, 0.5) is 0 Å². The molecule has 3 heteroatoms. The minimum Gasteiger partial charge on any atom is -0.490 e. The quantitative estimate of drug-likeness (QED) is 0.770. The van der Waals surface area contributed by atoms with Crippen LogP contribution in [0.25, 0.3) is 11.1 Å². The van der Waals surface area contributed by atoms with E-state index in [1.54, 1.807) is 0 Å². The molecule has 0 atom stereocenters. The van der Waals surface area contributed by atoms with Crippen molar-refractivity contribution in [1.29, 1.82) is 0 Å². The van der Waals surface area contributed by atoms with Gasteiger partial charge in [-0.05, 0) is 25.5 Å². The molecule has 0 bridgehead atoms. The highest BCUT2D eigenvalue weighted by Gasteiger charge is 2.11. The van der Waals surface area contributed by atoms with Crippen LogP contribution in [0.1, 0.15) is 13.8 Å². The molecule has 2 aromatic carbocycles. The fourth-order valence-corrected chi connectivity index (χ4v) is 1.92. The highest BCUT2D eigenvalue weighted by molar-refractivity contribution is 5.75. The fraction of sp³-hybridized carbons (Fsp3) is 0.250. The van der Waals surface area contributed by atoms with Crippen LogP contribution in [0.2, 0.25) is 0 Å². The van der Waals surface area contributed by atoms with E-state index in [1.165, 1.54) is 0 Å². The predicted octanol–water partition coefficient (Wildman–Crippen LogP) is 3.77. The molecule has 0 saturated carbocycles. The van der Waals surface area contributed by atoms with Crippen LogP contribution in [0, 0.1) is 0 Å². The molecule has 98 valence electrons. The summed E-state index contributed by atoms with van der Waals surface area (Å²) in [5.41, 5.74) is 2.21. The molecule has 0 aliphatic carbocycles. The summed E-state index contributed by atoms with van der Waals surface area (Å²) in [6.45, 7) is 5.23. The van der Waals surface area contributed by atoms with E-state index in [2.05, 4.69) is 18.2 Å². The van der Waals surface area contributed by atoms with E-state index in [-0.39, 0.29) is 11.0 Å². The summed E-state index contributed by atoms with van der Waals surface area (Å²) >= 11 is 0. The molecule has 2 rings (SSSR count). The smallest absolute Gasteiger partial charge is 0.168 e. The van der Waals surface area contributed by atoms with Gasteiger partial charge >= 0.3 is 0 Å². The highest BCUT2D eigenvalue weighted by Crippen LogP contribution is 2.38. The van der Waals surface area contributed by atoms with Crippen LogP contribution in [-0.2, 0) is 0 Å². The lowest BCUT2D eigenvalue weighted by Gasteiger charge is -2.15. The largest absolute Gasteiger partial charge is 0.490 e. The van der Waals surface area contributed by atoms with Crippen molar-refractivity contribution in [3.05, 3.63) is 48.5 Å². The van der Waals surface area contributed by atoms with E-state index in [4.69, 9.17) is 9.47 Å². The average Bonchev–Trinajstić information content (AvgIpc) is 2.42. The summed E-state index contributed by atoms with van der Waals surface area (Å²) in [6.07, 6.45) is 0. The highest BCUT2D eigenvalue weighted by atomic mass is 28.1. The van der Waals surface area contributed by atoms with E-state index in [0.29, 0.717) is 13.2 Å². The normalized spacial score (nSPS) is 9.58. The molecule has 0 fully saturated rings. The SMILES string of the molecule is CCOc1cccc(-c2ccccc2)c1OCC.[Si]. The Kier molecular flexibility index (Phi) is 6.16. The minimum absolute atomic E-state index is 0. The third-order valence-corrected chi connectivity index (χ3v) is 2.65. The molecule has 0 saturated heterocycles. The monoisotopic (exact) mass is 270 g/mol. The van der Waals surface area contributed by atoms with Crippen molar-refractivity contribution >= 4 is 11.0 Å². The zero-order valence-corrected chi connectivity index (χ0v) is 12.3. The van der Waals surface area contributed by atoms with Crippen LogP contribution < -0.4 is 9.47 Å². The van der Waals surface area contributed by atoms with E-state index in [0.717, 1.165) is 22.6 Å². The van der Waals surface area contributed by atoms with Crippen LogP contribution in [-0.4, -0.2) is 24.2 Å². The molecule has 0 aliphatic rings. The van der Waals surface area contributed by atoms with Gasteiger partial charge < -0.3 is 9.47 Å². The van der Waals surface area contributed by atoms with Crippen molar-refractivity contribution in [1.82, 2.24) is 0 Å². The summed E-state index contributed by atoms with van der Waals surface area (Å²) in [4.78, 5) is 0. The molecule has 0 amide bonds. The first-order chi connectivity index (χ1) is 8.86. The fourth-order valence-electron chi connectivity index (χ4n) is 1.92. The average molecular weight is 270 g/mol. The molecule has 19 heavy (non-hydrogen) atoms. The van der Waals surface area contributed by atoms with Crippen molar-refractivity contribution in [2.45, 2.75) is 13.8 Å². The Morgan fingerprint density at radius 2 is 1.47 bits per heavy atom. The third kappa shape index (κ3) is 3.61. The second-order valence-corrected chi connectivity index (χ2v) is 3.86. The first kappa shape index (κ1) is 15.3. The lowest BCUT2D eigenvalue weighted by atomic mass is 10.0. The lowest BCUT2D eigenvalue weighted by molar-refractivity contribution is 0.289. The van der Waals surface area contributed by atoms with Crippen molar-refractivity contribution < 1.29 is 9.47 Å². The van der Waals surface area contributed by atoms with Crippen molar-refractivity contribution in [2.24, 2.45) is 0 Å². The van der Waals surface area contributed by atoms with Crippen LogP contribution >= 0.6 is 0 Å². The number of para-hydroxylation sites is 1. The second kappa shape index (κ2) is 7.64. The Balaban J connectivity index is 0.00000180. The predicted molar refractivity (Wildman–Crippen MR) is 80.0 cm³/mol. The standard InChI is InChI=1S/C16H18O2.Si/c1-3-17-15-12-8-11-14(16(15)18-4-2)13-9-6-5-7-10-13;/h5-12H,3-4H2,1-2H3;. The van der Waals surface area contributed by atoms with Gasteiger partial charge in [-0.15, -0.1) is 0 Å². The Morgan fingerprint density at radius 3 is 2.11 bits per heavy atom. The van der Waals surface area contributed by atoms with Gasteiger partial charge in [0.05, 0.1) is 13.2 Å². The second-order valence-electron chi connectivity index (χ2n) is 3.86. The van der Waals surface area contributed by atoms with Crippen molar-refractivity contribution in [2.75, 3.05) is 13.2 Å². The van der Waals surface area contributed by atoms with Gasteiger partial charge in [0.1, 0.15) is 0 Å². The number of hydrogen-bond donors (Lipinski definition) is 0. The summed E-state index contributed by atoms with van der Waals surface area (Å²) in [6, 6.07) is 16.2. The number of benzene rings is 2. The Morgan fingerprint density at radius 1 is 0.789 bits per heavy atom. The molecular formula is C16H18O2Si. The molecule has 0 heterocycles. The Labute approximate surface area is 119 Å². The van der Waals surface area contributed by atoms with E-state index in [1.807, 2.05) is 44.2 Å². The first-order valence-corrected chi connectivity index (χ1v) is 6.30. The maximum Gasteiger partial charge on any atom is 0.168 e. The maximum absolute atomic E-state index is 5.75. The molecule has 2 nitrogen and oxygen atoms in total. The van der Waals surface area contributed by atoms with Crippen LogP contribution in [0.15, 0.2) is 48.5 Å². The van der Waals surface area contributed by atoms with E-state index >= 15 is 0 Å². The summed E-state index contributed by atoms with van der Waals surface area (Å²) in [5.74, 6) is 1.63. The number of rotatable bonds is 5. The zero-order chi connectivity index (χ0) is 12.8.